The van der Waals surface area contributed by atoms with Crippen LogP contribution in [-0.2, 0) is 24.1 Å². The van der Waals surface area contributed by atoms with Gasteiger partial charge in [0.05, 0.1) is 6.61 Å². The van der Waals surface area contributed by atoms with Crippen LogP contribution < -0.4 is 5.32 Å². The monoisotopic (exact) mass is 231 g/mol. The number of rotatable bonds is 3. The average molecular weight is 231 g/mol. The second kappa shape index (κ2) is 5.19. The summed E-state index contributed by atoms with van der Waals surface area (Å²) >= 11 is 0. The van der Waals surface area contributed by atoms with E-state index in [1.54, 1.807) is 11.1 Å². The first-order chi connectivity index (χ1) is 8.42. The van der Waals surface area contributed by atoms with Crippen molar-refractivity contribution in [3.8, 4) is 0 Å². The fraction of sp³-hybridized carbons (Fsp3) is 0.600. The molecule has 1 aliphatic carbocycles. The summed E-state index contributed by atoms with van der Waals surface area (Å²) in [5.74, 6) is 0. The first kappa shape index (κ1) is 11.2. The molecule has 0 spiro atoms. The lowest BCUT2D eigenvalue weighted by Gasteiger charge is -2.23. The summed E-state index contributed by atoms with van der Waals surface area (Å²) in [5.41, 5.74) is 4.56. The first-order valence-electron chi connectivity index (χ1n) is 6.83. The molecule has 1 unspecified atom stereocenters. The van der Waals surface area contributed by atoms with Gasteiger partial charge in [-0.2, -0.15) is 0 Å². The molecular formula is C15H21NO. The highest BCUT2D eigenvalue weighted by atomic mass is 16.5. The van der Waals surface area contributed by atoms with Crippen LogP contribution in [0.4, 0.5) is 0 Å². The molecule has 1 aliphatic heterocycles. The summed E-state index contributed by atoms with van der Waals surface area (Å²) in [5, 5.41) is 3.60. The molecule has 0 saturated carbocycles. The lowest BCUT2D eigenvalue weighted by atomic mass is 10.1. The number of hydrogen-bond donors (Lipinski definition) is 1. The Morgan fingerprint density at radius 2 is 2.12 bits per heavy atom. The Morgan fingerprint density at radius 1 is 1.18 bits per heavy atom. The quantitative estimate of drug-likeness (QED) is 0.862. The van der Waals surface area contributed by atoms with Crippen LogP contribution in [-0.4, -0.2) is 19.3 Å². The summed E-state index contributed by atoms with van der Waals surface area (Å²) in [6.45, 7) is 2.81. The van der Waals surface area contributed by atoms with Crippen molar-refractivity contribution < 1.29 is 4.74 Å². The third-order valence-electron chi connectivity index (χ3n) is 3.92. The molecule has 2 heteroatoms. The molecule has 1 aromatic carbocycles. The standard InChI is InChI=1S/C15H21NO/c1-3-13-7-6-12(9-14(13)4-1)10-16-15-5-2-8-17-11-15/h6-7,9,15-16H,1-5,8,10-11H2. The van der Waals surface area contributed by atoms with E-state index in [4.69, 9.17) is 4.74 Å². The Kier molecular flexibility index (Phi) is 3.44. The van der Waals surface area contributed by atoms with Crippen molar-refractivity contribution in [2.24, 2.45) is 0 Å². The minimum absolute atomic E-state index is 0.553. The van der Waals surface area contributed by atoms with Gasteiger partial charge in [-0.15, -0.1) is 0 Å². The predicted molar refractivity (Wildman–Crippen MR) is 69.1 cm³/mol. The zero-order valence-electron chi connectivity index (χ0n) is 10.4. The Hall–Kier alpha value is -0.860. The van der Waals surface area contributed by atoms with Crippen LogP contribution >= 0.6 is 0 Å². The van der Waals surface area contributed by atoms with Gasteiger partial charge >= 0.3 is 0 Å². The zero-order valence-corrected chi connectivity index (χ0v) is 10.4. The van der Waals surface area contributed by atoms with Gasteiger partial charge in [-0.3, -0.25) is 0 Å². The van der Waals surface area contributed by atoms with E-state index in [2.05, 4.69) is 23.5 Å². The highest BCUT2D eigenvalue weighted by Crippen LogP contribution is 2.22. The van der Waals surface area contributed by atoms with E-state index in [-0.39, 0.29) is 0 Å². The van der Waals surface area contributed by atoms with Crippen LogP contribution in [0.5, 0.6) is 0 Å². The maximum Gasteiger partial charge on any atom is 0.0619 e. The third-order valence-corrected chi connectivity index (χ3v) is 3.92. The van der Waals surface area contributed by atoms with E-state index in [1.165, 1.54) is 37.7 Å². The second-order valence-corrected chi connectivity index (χ2v) is 5.25. The molecule has 0 aromatic heterocycles. The van der Waals surface area contributed by atoms with Crippen molar-refractivity contribution in [1.82, 2.24) is 5.32 Å². The summed E-state index contributed by atoms with van der Waals surface area (Å²) in [4.78, 5) is 0. The number of aryl methyl sites for hydroxylation is 2. The molecule has 0 amide bonds. The van der Waals surface area contributed by atoms with E-state index < -0.39 is 0 Å². The van der Waals surface area contributed by atoms with Gasteiger partial charge in [-0.05, 0) is 48.8 Å². The molecule has 1 heterocycles. The molecule has 17 heavy (non-hydrogen) atoms. The molecule has 1 fully saturated rings. The van der Waals surface area contributed by atoms with Crippen molar-refractivity contribution in [2.75, 3.05) is 13.2 Å². The van der Waals surface area contributed by atoms with Crippen LogP contribution in [0.1, 0.15) is 36.0 Å². The van der Waals surface area contributed by atoms with E-state index in [9.17, 15) is 0 Å². The largest absolute Gasteiger partial charge is 0.380 e. The number of fused-ring (bicyclic) bond motifs is 1. The highest BCUT2D eigenvalue weighted by molar-refractivity contribution is 5.35. The summed E-state index contributed by atoms with van der Waals surface area (Å²) < 4.78 is 5.48. The average Bonchev–Trinajstić information content (AvgIpc) is 2.85. The van der Waals surface area contributed by atoms with Crippen molar-refractivity contribution in [2.45, 2.75) is 44.7 Å². The summed E-state index contributed by atoms with van der Waals surface area (Å²) in [6, 6.07) is 7.54. The minimum atomic E-state index is 0.553. The number of ether oxygens (including phenoxy) is 1. The molecule has 2 aliphatic rings. The fourth-order valence-electron chi connectivity index (χ4n) is 2.90. The van der Waals surface area contributed by atoms with Crippen LogP contribution in [0.2, 0.25) is 0 Å². The Balaban J connectivity index is 1.57. The molecule has 92 valence electrons. The Bertz CT molecular complexity index is 383. The summed E-state index contributed by atoms with van der Waals surface area (Å²) in [6.07, 6.45) is 6.34. The normalized spacial score (nSPS) is 23.6. The molecule has 0 bridgehead atoms. The zero-order chi connectivity index (χ0) is 11.5. The first-order valence-corrected chi connectivity index (χ1v) is 6.83. The van der Waals surface area contributed by atoms with Gasteiger partial charge in [0.15, 0.2) is 0 Å². The van der Waals surface area contributed by atoms with E-state index >= 15 is 0 Å². The minimum Gasteiger partial charge on any atom is -0.380 e. The van der Waals surface area contributed by atoms with Crippen molar-refractivity contribution in [3.05, 3.63) is 34.9 Å². The molecule has 1 N–H and O–H groups in total. The van der Waals surface area contributed by atoms with Gasteiger partial charge in [0.25, 0.3) is 0 Å². The van der Waals surface area contributed by atoms with E-state index in [1.807, 2.05) is 0 Å². The topological polar surface area (TPSA) is 21.3 Å². The molecule has 2 nitrogen and oxygen atoms in total. The molecule has 1 saturated heterocycles. The van der Waals surface area contributed by atoms with E-state index in [0.29, 0.717) is 6.04 Å². The summed E-state index contributed by atoms with van der Waals surface area (Å²) in [7, 11) is 0. The van der Waals surface area contributed by atoms with E-state index in [0.717, 1.165) is 19.8 Å². The maximum absolute atomic E-state index is 5.48. The van der Waals surface area contributed by atoms with Gasteiger partial charge in [0.1, 0.15) is 0 Å². The van der Waals surface area contributed by atoms with Crippen molar-refractivity contribution >= 4 is 0 Å². The Morgan fingerprint density at radius 3 is 3.00 bits per heavy atom. The fourth-order valence-corrected chi connectivity index (χ4v) is 2.90. The second-order valence-electron chi connectivity index (χ2n) is 5.25. The Labute approximate surface area is 103 Å². The number of benzene rings is 1. The van der Waals surface area contributed by atoms with Gasteiger partial charge < -0.3 is 10.1 Å². The van der Waals surface area contributed by atoms with Crippen LogP contribution in [0.15, 0.2) is 18.2 Å². The molecular weight excluding hydrogens is 210 g/mol. The SMILES string of the molecule is c1cc2c(cc1CNC1CCCOC1)CCC2. The van der Waals surface area contributed by atoms with Crippen LogP contribution in [0.25, 0.3) is 0 Å². The van der Waals surface area contributed by atoms with Gasteiger partial charge in [0, 0.05) is 19.2 Å². The maximum atomic E-state index is 5.48. The number of hydrogen-bond acceptors (Lipinski definition) is 2. The van der Waals surface area contributed by atoms with Crippen molar-refractivity contribution in [3.63, 3.8) is 0 Å². The molecule has 3 rings (SSSR count). The smallest absolute Gasteiger partial charge is 0.0619 e. The molecule has 0 radical (unpaired) electrons. The third kappa shape index (κ3) is 2.70. The lowest BCUT2D eigenvalue weighted by molar-refractivity contribution is 0.0699. The van der Waals surface area contributed by atoms with Gasteiger partial charge in [-0.25, -0.2) is 0 Å². The molecule has 1 atom stereocenters. The van der Waals surface area contributed by atoms with Crippen LogP contribution in [0.3, 0.4) is 0 Å². The van der Waals surface area contributed by atoms with Gasteiger partial charge in [-0.1, -0.05) is 18.2 Å². The van der Waals surface area contributed by atoms with Gasteiger partial charge in [0.2, 0.25) is 0 Å². The van der Waals surface area contributed by atoms with Crippen molar-refractivity contribution in [1.29, 1.82) is 0 Å². The predicted octanol–water partition coefficient (Wildman–Crippen LogP) is 2.44. The van der Waals surface area contributed by atoms with Crippen LogP contribution in [0, 0.1) is 0 Å². The lowest BCUT2D eigenvalue weighted by Crippen LogP contribution is -2.36. The number of nitrogens with one attached hydrogen (secondary N) is 1. The highest BCUT2D eigenvalue weighted by Gasteiger charge is 2.14. The molecule has 1 aromatic rings.